The third-order valence-corrected chi connectivity index (χ3v) is 4.87. The number of nitrogens with one attached hydrogen (secondary N) is 3. The maximum Gasteiger partial charge on any atom is 0.269 e. The first-order valence-corrected chi connectivity index (χ1v) is 9.23. The third-order valence-electron chi connectivity index (χ3n) is 3.98. The molecule has 0 spiro atoms. The fourth-order valence-corrected chi connectivity index (χ4v) is 3.24. The first-order chi connectivity index (χ1) is 12.5. The van der Waals surface area contributed by atoms with E-state index in [4.69, 9.17) is 11.6 Å². The van der Waals surface area contributed by atoms with Gasteiger partial charge >= 0.3 is 0 Å². The van der Waals surface area contributed by atoms with Crippen molar-refractivity contribution in [2.75, 3.05) is 11.9 Å². The van der Waals surface area contributed by atoms with Crippen LogP contribution in [0.2, 0.25) is 5.02 Å². The average molecular weight is 435 g/mol. The van der Waals surface area contributed by atoms with Gasteiger partial charge in [-0.2, -0.15) is 0 Å². The Labute approximate surface area is 164 Å². The van der Waals surface area contributed by atoms with E-state index in [1.54, 1.807) is 0 Å². The minimum Gasteiger partial charge on any atom is -0.350 e. The van der Waals surface area contributed by atoms with Crippen LogP contribution in [-0.2, 0) is 4.79 Å². The number of amides is 2. The summed E-state index contributed by atoms with van der Waals surface area (Å²) in [6.45, 7) is 2.13. The molecule has 0 aliphatic heterocycles. The van der Waals surface area contributed by atoms with Crippen molar-refractivity contribution in [2.45, 2.75) is 13.3 Å². The van der Waals surface area contributed by atoms with Gasteiger partial charge in [-0.1, -0.05) is 51.8 Å². The number of hydrogen-bond donors (Lipinski definition) is 3. The van der Waals surface area contributed by atoms with Gasteiger partial charge in [-0.3, -0.25) is 9.59 Å². The quantitative estimate of drug-likeness (QED) is 0.547. The van der Waals surface area contributed by atoms with Crippen LogP contribution >= 0.6 is 27.5 Å². The third kappa shape index (κ3) is 4.08. The molecule has 0 unspecified atom stereocenters. The topological polar surface area (TPSA) is 74.0 Å². The lowest BCUT2D eigenvalue weighted by molar-refractivity contribution is -0.116. The van der Waals surface area contributed by atoms with E-state index in [0.717, 1.165) is 26.6 Å². The number of aryl methyl sites for hydroxylation is 1. The van der Waals surface area contributed by atoms with Crippen LogP contribution in [0.25, 0.3) is 10.9 Å². The van der Waals surface area contributed by atoms with Gasteiger partial charge in [0.25, 0.3) is 5.91 Å². The molecule has 0 radical (unpaired) electrons. The molecule has 134 valence electrons. The Balaban J connectivity index is 1.57. The lowest BCUT2D eigenvalue weighted by Gasteiger charge is -2.09. The Kier molecular flexibility index (Phi) is 5.64. The fourth-order valence-electron chi connectivity index (χ4n) is 2.58. The van der Waals surface area contributed by atoms with Crippen molar-refractivity contribution >= 4 is 55.9 Å². The number of rotatable bonds is 5. The molecule has 3 N–H and O–H groups in total. The highest BCUT2D eigenvalue weighted by atomic mass is 79.9. The maximum atomic E-state index is 12.3. The number of para-hydroxylation sites is 1. The van der Waals surface area contributed by atoms with Gasteiger partial charge in [-0.15, -0.1) is 0 Å². The van der Waals surface area contributed by atoms with Gasteiger partial charge in [0, 0.05) is 34.0 Å². The van der Waals surface area contributed by atoms with Crippen LogP contribution in [0.3, 0.4) is 0 Å². The van der Waals surface area contributed by atoms with Crippen LogP contribution in [-0.4, -0.2) is 23.3 Å². The smallest absolute Gasteiger partial charge is 0.269 e. The lowest BCUT2D eigenvalue weighted by Crippen LogP contribution is -2.28. The van der Waals surface area contributed by atoms with Gasteiger partial charge in [-0.05, 0) is 30.7 Å². The molecule has 0 saturated carbocycles. The number of aromatic nitrogens is 1. The van der Waals surface area contributed by atoms with Gasteiger partial charge < -0.3 is 15.6 Å². The fraction of sp³-hybridized carbons (Fsp3) is 0.158. The van der Waals surface area contributed by atoms with E-state index in [9.17, 15) is 9.59 Å². The number of carbonyl (C=O) groups is 2. The summed E-state index contributed by atoms with van der Waals surface area (Å²) in [4.78, 5) is 27.4. The van der Waals surface area contributed by atoms with E-state index >= 15 is 0 Å². The van der Waals surface area contributed by atoms with Crippen LogP contribution in [0, 0.1) is 6.92 Å². The van der Waals surface area contributed by atoms with Gasteiger partial charge in [-0.25, -0.2) is 0 Å². The highest BCUT2D eigenvalue weighted by Gasteiger charge is 2.16. The van der Waals surface area contributed by atoms with Crippen molar-refractivity contribution < 1.29 is 9.59 Å². The van der Waals surface area contributed by atoms with E-state index in [1.165, 1.54) is 0 Å². The van der Waals surface area contributed by atoms with Crippen LogP contribution in [0.5, 0.6) is 0 Å². The predicted octanol–water partition coefficient (Wildman–Crippen LogP) is 4.65. The second-order valence-corrected chi connectivity index (χ2v) is 7.17. The SMILES string of the molecule is Cc1ccc(Br)cc1NC(=O)CCNC(=O)c1[nH]c2ccccc2c1Cl. The van der Waals surface area contributed by atoms with Gasteiger partial charge in [0.15, 0.2) is 0 Å². The van der Waals surface area contributed by atoms with Crippen molar-refractivity contribution in [1.82, 2.24) is 10.3 Å². The number of carbonyl (C=O) groups excluding carboxylic acids is 2. The number of aromatic amines is 1. The highest BCUT2D eigenvalue weighted by molar-refractivity contribution is 9.10. The molecule has 5 nitrogen and oxygen atoms in total. The Morgan fingerprint density at radius 1 is 1.19 bits per heavy atom. The van der Waals surface area contributed by atoms with Crippen molar-refractivity contribution in [3.05, 3.63) is 63.2 Å². The first-order valence-electron chi connectivity index (χ1n) is 8.06. The highest BCUT2D eigenvalue weighted by Crippen LogP contribution is 2.27. The van der Waals surface area contributed by atoms with Gasteiger partial charge in [0.05, 0.1) is 5.02 Å². The normalized spacial score (nSPS) is 10.7. The monoisotopic (exact) mass is 433 g/mol. The molecule has 1 aromatic heterocycles. The number of halogens is 2. The number of benzene rings is 2. The molecule has 3 aromatic rings. The summed E-state index contributed by atoms with van der Waals surface area (Å²) >= 11 is 9.64. The second kappa shape index (κ2) is 7.93. The largest absolute Gasteiger partial charge is 0.350 e. The Morgan fingerprint density at radius 2 is 1.96 bits per heavy atom. The van der Waals surface area contributed by atoms with E-state index in [0.29, 0.717) is 10.7 Å². The first kappa shape index (κ1) is 18.5. The van der Waals surface area contributed by atoms with Crippen molar-refractivity contribution in [3.8, 4) is 0 Å². The molecular formula is C19H17BrClN3O2. The summed E-state index contributed by atoms with van der Waals surface area (Å²) in [6, 6.07) is 13.1. The average Bonchev–Trinajstić information content (AvgIpc) is 2.95. The molecule has 1 heterocycles. The van der Waals surface area contributed by atoms with E-state index < -0.39 is 0 Å². The number of hydrogen-bond acceptors (Lipinski definition) is 2. The van der Waals surface area contributed by atoms with Crippen LogP contribution in [0.1, 0.15) is 22.5 Å². The minimum absolute atomic E-state index is 0.162. The lowest BCUT2D eigenvalue weighted by atomic mass is 10.2. The number of H-pyrrole nitrogens is 1. The standard InChI is InChI=1S/C19H17BrClN3O2/c1-11-6-7-12(20)10-15(11)23-16(25)8-9-22-19(26)18-17(21)13-4-2-3-5-14(13)24-18/h2-7,10,24H,8-9H2,1H3,(H,22,26)(H,23,25). The number of fused-ring (bicyclic) bond motifs is 1. The predicted molar refractivity (Wildman–Crippen MR) is 108 cm³/mol. The summed E-state index contributed by atoms with van der Waals surface area (Å²) in [7, 11) is 0. The molecule has 0 aliphatic carbocycles. The molecule has 3 rings (SSSR count). The summed E-state index contributed by atoms with van der Waals surface area (Å²) in [6.07, 6.45) is 0.162. The van der Waals surface area contributed by atoms with Gasteiger partial charge in [0.1, 0.15) is 5.69 Å². The zero-order valence-electron chi connectivity index (χ0n) is 14.0. The van der Waals surface area contributed by atoms with Crippen molar-refractivity contribution in [3.63, 3.8) is 0 Å². The van der Waals surface area contributed by atoms with Gasteiger partial charge in [0.2, 0.25) is 5.91 Å². The Morgan fingerprint density at radius 3 is 2.73 bits per heavy atom. The Bertz CT molecular complexity index is 984. The summed E-state index contributed by atoms with van der Waals surface area (Å²) < 4.78 is 0.889. The zero-order chi connectivity index (χ0) is 18.7. The van der Waals surface area contributed by atoms with Crippen molar-refractivity contribution in [1.29, 1.82) is 0 Å². The van der Waals surface area contributed by atoms with Crippen LogP contribution in [0.15, 0.2) is 46.9 Å². The second-order valence-electron chi connectivity index (χ2n) is 5.87. The summed E-state index contributed by atoms with van der Waals surface area (Å²) in [5, 5.41) is 6.74. The maximum absolute atomic E-state index is 12.3. The number of anilines is 1. The molecule has 26 heavy (non-hydrogen) atoms. The molecule has 0 fully saturated rings. The van der Waals surface area contributed by atoms with E-state index in [2.05, 4.69) is 31.5 Å². The van der Waals surface area contributed by atoms with Crippen LogP contribution in [0.4, 0.5) is 5.69 Å². The molecule has 7 heteroatoms. The zero-order valence-corrected chi connectivity index (χ0v) is 16.4. The van der Waals surface area contributed by atoms with E-state index in [-0.39, 0.29) is 24.8 Å². The molecule has 0 aliphatic rings. The molecule has 0 saturated heterocycles. The molecular weight excluding hydrogens is 418 g/mol. The molecule has 0 bridgehead atoms. The van der Waals surface area contributed by atoms with Crippen molar-refractivity contribution in [2.24, 2.45) is 0 Å². The van der Waals surface area contributed by atoms with E-state index in [1.807, 2.05) is 49.4 Å². The molecule has 0 atom stereocenters. The molecule has 2 amide bonds. The molecule has 2 aromatic carbocycles. The minimum atomic E-state index is -0.336. The summed E-state index contributed by atoms with van der Waals surface area (Å²) in [5.74, 6) is -0.508. The van der Waals surface area contributed by atoms with Crippen LogP contribution < -0.4 is 10.6 Å². The Hall–Kier alpha value is -2.31. The summed E-state index contributed by atoms with van der Waals surface area (Å²) in [5.41, 5.74) is 2.81.